The van der Waals surface area contributed by atoms with Crippen LogP contribution in [-0.4, -0.2) is 17.5 Å². The Balaban J connectivity index is 1.62. The predicted molar refractivity (Wildman–Crippen MR) is 99.2 cm³/mol. The summed E-state index contributed by atoms with van der Waals surface area (Å²) in [5.41, 5.74) is 5.16. The largest absolute Gasteiger partial charge is 0.459 e. The van der Waals surface area contributed by atoms with Gasteiger partial charge in [0.2, 0.25) is 0 Å². The van der Waals surface area contributed by atoms with Crippen molar-refractivity contribution in [3.8, 4) is 0 Å². The zero-order valence-electron chi connectivity index (χ0n) is 14.1. The number of carbonyl (C=O) groups excluding carboxylic acids is 2. The van der Waals surface area contributed by atoms with Gasteiger partial charge in [0.1, 0.15) is 0 Å². The molecule has 0 radical (unpaired) electrons. The topological polar surface area (TPSA) is 83.7 Å². The Morgan fingerprint density at radius 2 is 1.58 bits per heavy atom. The summed E-state index contributed by atoms with van der Waals surface area (Å²) in [5, 5.41) is 6.89. The maximum absolute atomic E-state index is 12.1. The average Bonchev–Trinajstić information content (AvgIpc) is 3.22. The molecule has 6 heteroatoms. The Bertz CT molecular complexity index is 915. The molecule has 0 fully saturated rings. The standard InChI is InChI=1S/C20H17N3O3/c1-14(22-23-20(25)18-8-5-13-26-18)15-9-11-17(12-10-15)21-19(24)16-6-3-2-4-7-16/h2-13H,1H3,(H,21,24)(H,23,25)/b22-14+. The molecule has 2 amide bonds. The summed E-state index contributed by atoms with van der Waals surface area (Å²) in [6.07, 6.45) is 1.42. The number of hydrazone groups is 1. The Morgan fingerprint density at radius 3 is 2.23 bits per heavy atom. The number of hydrogen-bond donors (Lipinski definition) is 2. The molecule has 1 aromatic heterocycles. The van der Waals surface area contributed by atoms with Gasteiger partial charge in [-0.2, -0.15) is 5.10 Å². The zero-order chi connectivity index (χ0) is 18.4. The van der Waals surface area contributed by atoms with Crippen molar-refractivity contribution in [3.63, 3.8) is 0 Å². The van der Waals surface area contributed by atoms with Gasteiger partial charge >= 0.3 is 5.91 Å². The van der Waals surface area contributed by atoms with E-state index in [9.17, 15) is 9.59 Å². The van der Waals surface area contributed by atoms with Gasteiger partial charge in [-0.05, 0) is 48.9 Å². The highest BCUT2D eigenvalue weighted by Gasteiger charge is 2.08. The van der Waals surface area contributed by atoms with E-state index < -0.39 is 5.91 Å². The number of anilines is 1. The fourth-order valence-electron chi connectivity index (χ4n) is 2.25. The van der Waals surface area contributed by atoms with Gasteiger partial charge in [-0.25, -0.2) is 5.43 Å². The number of nitrogens with one attached hydrogen (secondary N) is 2. The summed E-state index contributed by atoms with van der Waals surface area (Å²) in [7, 11) is 0. The number of benzene rings is 2. The summed E-state index contributed by atoms with van der Waals surface area (Å²) in [4.78, 5) is 23.9. The third-order valence-electron chi connectivity index (χ3n) is 3.67. The molecule has 0 unspecified atom stereocenters. The number of carbonyl (C=O) groups is 2. The lowest BCUT2D eigenvalue weighted by atomic mass is 10.1. The van der Waals surface area contributed by atoms with Crippen LogP contribution in [0.5, 0.6) is 0 Å². The molecule has 1 heterocycles. The summed E-state index contributed by atoms with van der Waals surface area (Å²) in [6, 6.07) is 19.4. The SMILES string of the molecule is C/C(=N\NC(=O)c1ccco1)c1ccc(NC(=O)c2ccccc2)cc1. The second-order valence-electron chi connectivity index (χ2n) is 5.51. The molecule has 0 saturated heterocycles. The molecule has 3 rings (SSSR count). The zero-order valence-corrected chi connectivity index (χ0v) is 14.1. The van der Waals surface area contributed by atoms with Crippen molar-refractivity contribution in [2.75, 3.05) is 5.32 Å². The third-order valence-corrected chi connectivity index (χ3v) is 3.67. The number of hydrogen-bond acceptors (Lipinski definition) is 4. The molecule has 6 nitrogen and oxygen atoms in total. The molecule has 0 atom stereocenters. The lowest BCUT2D eigenvalue weighted by Crippen LogP contribution is -2.18. The first kappa shape index (κ1) is 17.2. The molecule has 2 aromatic carbocycles. The van der Waals surface area contributed by atoms with Crippen molar-refractivity contribution < 1.29 is 14.0 Å². The lowest BCUT2D eigenvalue weighted by Gasteiger charge is -2.07. The minimum atomic E-state index is -0.416. The highest BCUT2D eigenvalue weighted by Crippen LogP contribution is 2.12. The van der Waals surface area contributed by atoms with E-state index in [0.29, 0.717) is 17.0 Å². The highest BCUT2D eigenvalue weighted by atomic mass is 16.3. The van der Waals surface area contributed by atoms with Crippen molar-refractivity contribution in [2.45, 2.75) is 6.92 Å². The van der Waals surface area contributed by atoms with E-state index in [2.05, 4.69) is 15.8 Å². The summed E-state index contributed by atoms with van der Waals surface area (Å²) in [5.74, 6) is -0.393. The van der Waals surface area contributed by atoms with Crippen LogP contribution in [-0.2, 0) is 0 Å². The second-order valence-corrected chi connectivity index (χ2v) is 5.51. The Labute approximate surface area is 150 Å². The summed E-state index contributed by atoms with van der Waals surface area (Å²) in [6.45, 7) is 1.78. The number of amides is 2. The van der Waals surface area contributed by atoms with Gasteiger partial charge in [0, 0.05) is 11.3 Å². The van der Waals surface area contributed by atoms with E-state index in [0.717, 1.165) is 5.56 Å². The monoisotopic (exact) mass is 347 g/mol. The normalized spacial score (nSPS) is 11.0. The van der Waals surface area contributed by atoms with E-state index in [1.54, 1.807) is 43.3 Å². The van der Waals surface area contributed by atoms with Crippen LogP contribution in [0, 0.1) is 0 Å². The smallest absolute Gasteiger partial charge is 0.307 e. The Morgan fingerprint density at radius 1 is 0.846 bits per heavy atom. The third kappa shape index (κ3) is 4.24. The first-order chi connectivity index (χ1) is 12.6. The molecule has 0 bridgehead atoms. The van der Waals surface area contributed by atoms with Crippen LogP contribution in [0.4, 0.5) is 5.69 Å². The lowest BCUT2D eigenvalue weighted by molar-refractivity contribution is 0.0926. The van der Waals surface area contributed by atoms with Crippen LogP contribution in [0.15, 0.2) is 82.5 Å². The van der Waals surface area contributed by atoms with Crippen molar-refractivity contribution >= 4 is 23.2 Å². The van der Waals surface area contributed by atoms with Crippen molar-refractivity contribution in [2.24, 2.45) is 5.10 Å². The van der Waals surface area contributed by atoms with E-state index in [1.807, 2.05) is 30.3 Å². The Kier molecular flexibility index (Phi) is 5.24. The maximum Gasteiger partial charge on any atom is 0.307 e. The number of rotatable bonds is 5. The van der Waals surface area contributed by atoms with Gasteiger partial charge in [-0.1, -0.05) is 30.3 Å². The number of furan rings is 1. The molecule has 130 valence electrons. The summed E-state index contributed by atoms with van der Waals surface area (Å²) < 4.78 is 5.00. The molecule has 0 saturated carbocycles. The molecular weight excluding hydrogens is 330 g/mol. The van der Waals surface area contributed by atoms with Gasteiger partial charge in [0.15, 0.2) is 5.76 Å². The van der Waals surface area contributed by atoms with E-state index >= 15 is 0 Å². The molecular formula is C20H17N3O3. The average molecular weight is 347 g/mol. The van der Waals surface area contributed by atoms with Crippen LogP contribution in [0.25, 0.3) is 0 Å². The van der Waals surface area contributed by atoms with Crippen LogP contribution in [0.2, 0.25) is 0 Å². The fourth-order valence-corrected chi connectivity index (χ4v) is 2.25. The van der Waals surface area contributed by atoms with E-state index in [1.165, 1.54) is 6.26 Å². The van der Waals surface area contributed by atoms with Crippen LogP contribution >= 0.6 is 0 Å². The molecule has 3 aromatic rings. The minimum Gasteiger partial charge on any atom is -0.459 e. The number of nitrogens with zero attached hydrogens (tertiary/aromatic N) is 1. The van der Waals surface area contributed by atoms with E-state index in [-0.39, 0.29) is 11.7 Å². The Hall–Kier alpha value is -3.67. The van der Waals surface area contributed by atoms with Crippen LogP contribution in [0.1, 0.15) is 33.4 Å². The van der Waals surface area contributed by atoms with Crippen molar-refractivity contribution in [1.29, 1.82) is 0 Å². The van der Waals surface area contributed by atoms with Crippen LogP contribution in [0.3, 0.4) is 0 Å². The van der Waals surface area contributed by atoms with Gasteiger partial charge in [-0.15, -0.1) is 0 Å². The molecule has 0 spiro atoms. The molecule has 26 heavy (non-hydrogen) atoms. The van der Waals surface area contributed by atoms with Gasteiger partial charge < -0.3 is 9.73 Å². The van der Waals surface area contributed by atoms with Crippen molar-refractivity contribution in [1.82, 2.24) is 5.43 Å². The molecule has 0 aliphatic rings. The first-order valence-corrected chi connectivity index (χ1v) is 7.98. The van der Waals surface area contributed by atoms with Crippen LogP contribution < -0.4 is 10.7 Å². The maximum atomic E-state index is 12.1. The first-order valence-electron chi connectivity index (χ1n) is 7.98. The quantitative estimate of drug-likeness (QED) is 0.545. The molecule has 0 aliphatic carbocycles. The molecule has 0 aliphatic heterocycles. The fraction of sp³-hybridized carbons (Fsp3) is 0.0500. The van der Waals surface area contributed by atoms with Crippen molar-refractivity contribution in [3.05, 3.63) is 89.9 Å². The van der Waals surface area contributed by atoms with Gasteiger partial charge in [0.05, 0.1) is 12.0 Å². The molecule has 2 N–H and O–H groups in total. The second kappa shape index (κ2) is 7.94. The highest BCUT2D eigenvalue weighted by molar-refractivity contribution is 6.05. The van der Waals surface area contributed by atoms with Gasteiger partial charge in [-0.3, -0.25) is 9.59 Å². The summed E-state index contributed by atoms with van der Waals surface area (Å²) >= 11 is 0. The predicted octanol–water partition coefficient (Wildman–Crippen LogP) is 3.69. The van der Waals surface area contributed by atoms with Gasteiger partial charge in [0.25, 0.3) is 5.91 Å². The minimum absolute atomic E-state index is 0.172. The van der Waals surface area contributed by atoms with E-state index in [4.69, 9.17) is 4.42 Å².